The summed E-state index contributed by atoms with van der Waals surface area (Å²) < 4.78 is 22.5. The number of hydrogen-bond donors (Lipinski definition) is 3. The van der Waals surface area contributed by atoms with Crippen LogP contribution in [0.5, 0.6) is 0 Å². The number of hydrogen-bond acceptors (Lipinski definition) is 5. The van der Waals surface area contributed by atoms with Gasteiger partial charge in [-0.15, -0.1) is 11.8 Å². The summed E-state index contributed by atoms with van der Waals surface area (Å²) in [4.78, 5) is 24.2. The number of amides is 2. The van der Waals surface area contributed by atoms with Crippen molar-refractivity contribution in [3.8, 4) is 0 Å². The van der Waals surface area contributed by atoms with E-state index in [1.807, 2.05) is 6.07 Å². The Bertz CT molecular complexity index is 912. The molecule has 0 fully saturated rings. The summed E-state index contributed by atoms with van der Waals surface area (Å²) in [6, 6.07) is 12.8. The van der Waals surface area contributed by atoms with E-state index in [2.05, 4.69) is 10.6 Å². The molecule has 0 saturated carbocycles. The number of thioether (sulfide) groups is 1. The summed E-state index contributed by atoms with van der Waals surface area (Å²) in [5, 5.41) is 10.1. The van der Waals surface area contributed by atoms with Crippen LogP contribution in [0.25, 0.3) is 0 Å². The first-order valence-corrected chi connectivity index (χ1v) is 10.1. The van der Waals surface area contributed by atoms with E-state index >= 15 is 0 Å². The Labute approximate surface area is 156 Å². The molecule has 0 heterocycles. The molecule has 0 aromatic heterocycles. The van der Waals surface area contributed by atoms with Gasteiger partial charge in [-0.05, 0) is 49.4 Å². The van der Waals surface area contributed by atoms with Gasteiger partial charge in [0.05, 0.1) is 10.1 Å². The summed E-state index contributed by atoms with van der Waals surface area (Å²) in [5.74, 6) is -0.399. The molecule has 9 heteroatoms. The lowest BCUT2D eigenvalue weighted by Crippen LogP contribution is -2.22. The van der Waals surface area contributed by atoms with Crippen LogP contribution >= 0.6 is 11.8 Å². The molecule has 1 atom stereocenters. The average Bonchev–Trinajstić information content (AvgIpc) is 2.54. The second-order valence-corrected chi connectivity index (χ2v) is 8.50. The van der Waals surface area contributed by atoms with Crippen molar-refractivity contribution in [2.24, 2.45) is 5.14 Å². The highest BCUT2D eigenvalue weighted by Gasteiger charge is 2.15. The highest BCUT2D eigenvalue weighted by Crippen LogP contribution is 2.26. The van der Waals surface area contributed by atoms with Crippen molar-refractivity contribution in [3.05, 3.63) is 48.5 Å². The van der Waals surface area contributed by atoms with Crippen molar-refractivity contribution in [3.63, 3.8) is 0 Å². The Morgan fingerprint density at radius 3 is 2.27 bits per heavy atom. The van der Waals surface area contributed by atoms with Gasteiger partial charge in [-0.2, -0.15) is 0 Å². The van der Waals surface area contributed by atoms with E-state index in [1.54, 1.807) is 25.1 Å². The van der Waals surface area contributed by atoms with E-state index in [-0.39, 0.29) is 16.7 Å². The SMILES string of the molecule is CC(=O)Nc1cccc(SC(C)C(=O)Nc2ccc(S(N)(=O)=O)cc2)c1. The van der Waals surface area contributed by atoms with Crippen LogP contribution in [0.1, 0.15) is 13.8 Å². The molecule has 0 radical (unpaired) electrons. The second-order valence-electron chi connectivity index (χ2n) is 5.53. The number of benzene rings is 2. The Hall–Kier alpha value is -2.36. The molecule has 2 aromatic rings. The molecule has 0 aliphatic rings. The number of primary sulfonamides is 1. The number of rotatable bonds is 6. The number of sulfonamides is 1. The third-order valence-electron chi connectivity index (χ3n) is 3.29. The molecule has 0 aliphatic heterocycles. The van der Waals surface area contributed by atoms with Gasteiger partial charge in [0.15, 0.2) is 0 Å². The highest BCUT2D eigenvalue weighted by molar-refractivity contribution is 8.00. The monoisotopic (exact) mass is 393 g/mol. The van der Waals surface area contributed by atoms with E-state index in [1.165, 1.54) is 43.0 Å². The van der Waals surface area contributed by atoms with Gasteiger partial charge >= 0.3 is 0 Å². The molecule has 2 amide bonds. The molecule has 4 N–H and O–H groups in total. The van der Waals surface area contributed by atoms with Crippen molar-refractivity contribution >= 4 is 45.0 Å². The number of carbonyl (C=O) groups excluding carboxylic acids is 2. The minimum absolute atomic E-state index is 0.0206. The summed E-state index contributed by atoms with van der Waals surface area (Å²) in [7, 11) is -3.76. The highest BCUT2D eigenvalue weighted by atomic mass is 32.2. The summed E-state index contributed by atoms with van der Waals surface area (Å²) in [5.41, 5.74) is 1.13. The first kappa shape index (κ1) is 20.0. The van der Waals surface area contributed by atoms with Crippen LogP contribution in [-0.4, -0.2) is 25.5 Å². The first-order valence-electron chi connectivity index (χ1n) is 7.63. The fraction of sp³-hybridized carbons (Fsp3) is 0.176. The van der Waals surface area contributed by atoms with Crippen molar-refractivity contribution in [2.75, 3.05) is 10.6 Å². The quantitative estimate of drug-likeness (QED) is 0.651. The predicted octanol–water partition coefficient (Wildman–Crippen LogP) is 2.41. The van der Waals surface area contributed by atoms with E-state index in [9.17, 15) is 18.0 Å². The molecule has 26 heavy (non-hydrogen) atoms. The molecule has 1 unspecified atom stereocenters. The maximum atomic E-state index is 12.3. The largest absolute Gasteiger partial charge is 0.326 e. The Morgan fingerprint density at radius 1 is 1.04 bits per heavy atom. The van der Waals surface area contributed by atoms with Gasteiger partial charge in [-0.3, -0.25) is 9.59 Å². The van der Waals surface area contributed by atoms with Gasteiger partial charge in [-0.1, -0.05) is 6.07 Å². The molecule has 0 spiro atoms. The predicted molar refractivity (Wildman–Crippen MR) is 103 cm³/mol. The van der Waals surface area contributed by atoms with Crippen LogP contribution in [0.3, 0.4) is 0 Å². The van der Waals surface area contributed by atoms with Gasteiger partial charge in [0, 0.05) is 23.2 Å². The van der Waals surface area contributed by atoms with Gasteiger partial charge < -0.3 is 10.6 Å². The molecular formula is C17H19N3O4S2. The minimum atomic E-state index is -3.76. The van der Waals surface area contributed by atoms with Crippen LogP contribution in [0.2, 0.25) is 0 Å². The Morgan fingerprint density at radius 2 is 1.69 bits per heavy atom. The number of nitrogens with two attached hydrogens (primary N) is 1. The van der Waals surface area contributed by atoms with Gasteiger partial charge in [-0.25, -0.2) is 13.6 Å². The molecular weight excluding hydrogens is 374 g/mol. The lowest BCUT2D eigenvalue weighted by molar-refractivity contribution is -0.115. The van der Waals surface area contributed by atoms with E-state index in [0.717, 1.165) is 4.90 Å². The number of carbonyl (C=O) groups is 2. The van der Waals surface area contributed by atoms with Crippen LogP contribution < -0.4 is 15.8 Å². The summed E-state index contributed by atoms with van der Waals surface area (Å²) in [6.45, 7) is 3.18. The molecule has 0 aliphatic carbocycles. The lowest BCUT2D eigenvalue weighted by atomic mass is 10.3. The molecule has 0 bridgehead atoms. The molecule has 138 valence electrons. The normalized spacial score (nSPS) is 12.3. The maximum absolute atomic E-state index is 12.3. The molecule has 0 saturated heterocycles. The molecule has 7 nitrogen and oxygen atoms in total. The lowest BCUT2D eigenvalue weighted by Gasteiger charge is -2.13. The minimum Gasteiger partial charge on any atom is -0.326 e. The maximum Gasteiger partial charge on any atom is 0.238 e. The van der Waals surface area contributed by atoms with Crippen LogP contribution in [-0.2, 0) is 19.6 Å². The van der Waals surface area contributed by atoms with E-state index in [0.29, 0.717) is 11.4 Å². The number of anilines is 2. The Kier molecular flexibility index (Phi) is 6.41. The summed E-state index contributed by atoms with van der Waals surface area (Å²) >= 11 is 1.34. The van der Waals surface area contributed by atoms with Gasteiger partial charge in [0.1, 0.15) is 0 Å². The van der Waals surface area contributed by atoms with Gasteiger partial charge in [0.2, 0.25) is 21.8 Å². The second kappa shape index (κ2) is 8.35. The van der Waals surface area contributed by atoms with E-state index < -0.39 is 15.3 Å². The van der Waals surface area contributed by atoms with Crippen LogP contribution in [0, 0.1) is 0 Å². The molecule has 2 aromatic carbocycles. The smallest absolute Gasteiger partial charge is 0.238 e. The zero-order valence-corrected chi connectivity index (χ0v) is 15.9. The number of nitrogens with one attached hydrogen (secondary N) is 2. The van der Waals surface area contributed by atoms with Crippen molar-refractivity contribution in [2.45, 2.75) is 28.9 Å². The zero-order valence-electron chi connectivity index (χ0n) is 14.2. The third-order valence-corrected chi connectivity index (χ3v) is 5.31. The fourth-order valence-corrected chi connectivity index (χ4v) is 3.52. The van der Waals surface area contributed by atoms with Crippen molar-refractivity contribution in [1.29, 1.82) is 0 Å². The van der Waals surface area contributed by atoms with Crippen LogP contribution in [0.4, 0.5) is 11.4 Å². The average molecular weight is 393 g/mol. The standard InChI is InChI=1S/C17H19N3O4S2/c1-11(25-15-5-3-4-14(10-15)19-12(2)21)17(22)20-13-6-8-16(9-7-13)26(18,23)24/h3-11H,1-2H3,(H,19,21)(H,20,22)(H2,18,23,24). The fourth-order valence-electron chi connectivity index (χ4n) is 2.08. The first-order chi connectivity index (χ1) is 12.1. The van der Waals surface area contributed by atoms with Crippen molar-refractivity contribution in [1.82, 2.24) is 0 Å². The summed E-state index contributed by atoms with van der Waals surface area (Å²) in [6.07, 6.45) is 0. The van der Waals surface area contributed by atoms with E-state index in [4.69, 9.17) is 5.14 Å². The molecule has 2 rings (SSSR count). The van der Waals surface area contributed by atoms with Crippen molar-refractivity contribution < 1.29 is 18.0 Å². The third kappa shape index (κ3) is 5.87. The van der Waals surface area contributed by atoms with Gasteiger partial charge in [0.25, 0.3) is 0 Å². The Balaban J connectivity index is 2.00. The zero-order chi connectivity index (χ0) is 19.3. The topological polar surface area (TPSA) is 118 Å². The van der Waals surface area contributed by atoms with Crippen LogP contribution in [0.15, 0.2) is 58.3 Å².